The second-order valence-electron chi connectivity index (χ2n) is 4.75. The molecule has 1 aromatic carbocycles. The quantitative estimate of drug-likeness (QED) is 0.637. The molecule has 1 aromatic heterocycles. The predicted molar refractivity (Wildman–Crippen MR) is 82.5 cm³/mol. The summed E-state index contributed by atoms with van der Waals surface area (Å²) in [6.45, 7) is 6.75. The fourth-order valence-electron chi connectivity index (χ4n) is 2.32. The van der Waals surface area contributed by atoms with E-state index in [-0.39, 0.29) is 18.2 Å². The van der Waals surface area contributed by atoms with Gasteiger partial charge in [-0.05, 0) is 45.4 Å². The lowest BCUT2D eigenvalue weighted by Crippen LogP contribution is -2.04. The highest BCUT2D eigenvalue weighted by Crippen LogP contribution is 2.36. The summed E-state index contributed by atoms with van der Waals surface area (Å²) in [5.74, 6) is -0.599. The van der Waals surface area contributed by atoms with Crippen molar-refractivity contribution >= 4 is 39.0 Å². The first-order valence-electron chi connectivity index (χ1n) is 6.63. The smallest absolute Gasteiger partial charge is 0.348 e. The summed E-state index contributed by atoms with van der Waals surface area (Å²) in [6.07, 6.45) is 0. The first kappa shape index (κ1) is 15.4. The number of hydrogen-bond donors (Lipinski definition) is 0. The summed E-state index contributed by atoms with van der Waals surface area (Å²) in [5.41, 5.74) is 1.75. The number of carbonyl (C=O) groups excluding carboxylic acids is 3. The molecule has 0 unspecified atom stereocenters. The summed E-state index contributed by atoms with van der Waals surface area (Å²) in [4.78, 5) is 36.0. The second kappa shape index (κ2) is 5.77. The Balaban J connectivity index is 2.83. The number of hydrogen-bond acceptors (Lipinski definition) is 5. The highest BCUT2D eigenvalue weighted by Gasteiger charge is 2.22. The van der Waals surface area contributed by atoms with Gasteiger partial charge in [0, 0.05) is 21.2 Å². The van der Waals surface area contributed by atoms with Crippen LogP contribution in [0.3, 0.4) is 0 Å². The van der Waals surface area contributed by atoms with E-state index in [1.807, 2.05) is 0 Å². The highest BCUT2D eigenvalue weighted by atomic mass is 32.1. The number of aryl methyl sites for hydroxylation is 1. The molecule has 0 atom stereocenters. The van der Waals surface area contributed by atoms with Gasteiger partial charge in [0.2, 0.25) is 0 Å². The molecule has 2 rings (SSSR count). The molecule has 110 valence electrons. The van der Waals surface area contributed by atoms with Gasteiger partial charge in [0.25, 0.3) is 0 Å². The van der Waals surface area contributed by atoms with Crippen molar-refractivity contribution in [1.29, 1.82) is 0 Å². The largest absolute Gasteiger partial charge is 0.462 e. The van der Waals surface area contributed by atoms with Crippen molar-refractivity contribution < 1.29 is 19.1 Å². The number of ketones is 2. The van der Waals surface area contributed by atoms with E-state index in [9.17, 15) is 14.4 Å². The molecule has 5 heteroatoms. The zero-order chi connectivity index (χ0) is 15.7. The Bertz CT molecular complexity index is 755. The maximum absolute atomic E-state index is 12.0. The molecule has 2 aromatic rings. The lowest BCUT2D eigenvalue weighted by Gasteiger charge is -2.04. The minimum atomic E-state index is -0.416. The average Bonchev–Trinajstić information content (AvgIpc) is 2.76. The normalized spacial score (nSPS) is 10.7. The van der Waals surface area contributed by atoms with Gasteiger partial charge in [-0.1, -0.05) is 0 Å². The molecule has 1 heterocycles. The molecule has 21 heavy (non-hydrogen) atoms. The minimum Gasteiger partial charge on any atom is -0.462 e. The van der Waals surface area contributed by atoms with E-state index in [4.69, 9.17) is 4.74 Å². The van der Waals surface area contributed by atoms with Crippen LogP contribution >= 0.6 is 11.3 Å². The summed E-state index contributed by atoms with van der Waals surface area (Å²) < 4.78 is 5.72. The van der Waals surface area contributed by atoms with Gasteiger partial charge < -0.3 is 4.74 Å². The number of benzene rings is 1. The molecular formula is C16H16O4S. The van der Waals surface area contributed by atoms with Gasteiger partial charge in [-0.25, -0.2) is 4.79 Å². The minimum absolute atomic E-state index is 0.0910. The van der Waals surface area contributed by atoms with Crippen LogP contribution in [0.1, 0.15) is 56.7 Å². The van der Waals surface area contributed by atoms with Crippen molar-refractivity contribution in [1.82, 2.24) is 0 Å². The van der Waals surface area contributed by atoms with E-state index in [1.165, 1.54) is 25.2 Å². The van der Waals surface area contributed by atoms with Gasteiger partial charge in [-0.3, -0.25) is 9.59 Å². The van der Waals surface area contributed by atoms with Gasteiger partial charge >= 0.3 is 5.97 Å². The SMILES string of the molecule is CCOC(=O)c1sc2c(C(C)=O)ccc(C(C)=O)c2c1C. The number of ether oxygens (including phenoxy) is 1. The Hall–Kier alpha value is -2.01. The van der Waals surface area contributed by atoms with E-state index < -0.39 is 5.97 Å². The van der Waals surface area contributed by atoms with Crippen molar-refractivity contribution in [3.05, 3.63) is 33.7 Å². The standard InChI is InChI=1S/C16H16O4S/c1-5-20-16(19)14-8(2)13-11(9(3)17)6-7-12(10(4)18)15(13)21-14/h6-7H,5H2,1-4H3. The van der Waals surface area contributed by atoms with Gasteiger partial charge in [0.15, 0.2) is 11.6 Å². The van der Waals surface area contributed by atoms with E-state index in [1.54, 1.807) is 26.0 Å². The number of carbonyl (C=O) groups is 3. The van der Waals surface area contributed by atoms with Gasteiger partial charge in [0.1, 0.15) is 4.88 Å². The van der Waals surface area contributed by atoms with Crippen LogP contribution in [0, 0.1) is 6.92 Å². The maximum atomic E-state index is 12.0. The Morgan fingerprint density at radius 3 is 2.19 bits per heavy atom. The monoisotopic (exact) mass is 304 g/mol. The summed E-state index contributed by atoms with van der Waals surface area (Å²) in [6, 6.07) is 3.29. The van der Waals surface area contributed by atoms with E-state index in [0.29, 0.717) is 31.7 Å². The van der Waals surface area contributed by atoms with E-state index in [0.717, 1.165) is 0 Å². The molecule has 0 aliphatic heterocycles. The van der Waals surface area contributed by atoms with Crippen LogP contribution in [-0.4, -0.2) is 24.1 Å². The number of rotatable bonds is 4. The summed E-state index contributed by atoms with van der Waals surface area (Å²) in [5, 5.41) is 0.684. The molecule has 0 amide bonds. The molecule has 0 radical (unpaired) electrons. The summed E-state index contributed by atoms with van der Waals surface area (Å²) in [7, 11) is 0. The van der Waals surface area contributed by atoms with Crippen molar-refractivity contribution in [2.75, 3.05) is 6.61 Å². The average molecular weight is 304 g/mol. The zero-order valence-corrected chi connectivity index (χ0v) is 13.2. The molecule has 0 aliphatic rings. The molecule has 0 saturated carbocycles. The molecule has 0 spiro atoms. The number of Topliss-reactive ketones (excluding diaryl/α,β-unsaturated/α-hetero) is 2. The molecule has 0 saturated heterocycles. The number of thiophene rings is 1. The van der Waals surface area contributed by atoms with Crippen molar-refractivity contribution in [2.24, 2.45) is 0 Å². The second-order valence-corrected chi connectivity index (χ2v) is 5.77. The lowest BCUT2D eigenvalue weighted by atomic mass is 9.99. The van der Waals surface area contributed by atoms with Crippen LogP contribution in [0.15, 0.2) is 12.1 Å². The summed E-state index contributed by atoms with van der Waals surface area (Å²) >= 11 is 1.21. The van der Waals surface area contributed by atoms with Crippen LogP contribution in [0.4, 0.5) is 0 Å². The third-order valence-corrected chi connectivity index (χ3v) is 4.60. The molecule has 0 fully saturated rings. The molecular weight excluding hydrogens is 288 g/mol. The Morgan fingerprint density at radius 1 is 1.10 bits per heavy atom. The first-order chi connectivity index (χ1) is 9.88. The maximum Gasteiger partial charge on any atom is 0.348 e. The van der Waals surface area contributed by atoms with E-state index >= 15 is 0 Å². The van der Waals surface area contributed by atoms with E-state index in [2.05, 4.69) is 0 Å². The van der Waals surface area contributed by atoms with Crippen LogP contribution in [0.5, 0.6) is 0 Å². The first-order valence-corrected chi connectivity index (χ1v) is 7.45. The number of fused-ring (bicyclic) bond motifs is 1. The van der Waals surface area contributed by atoms with Gasteiger partial charge in [-0.2, -0.15) is 0 Å². The van der Waals surface area contributed by atoms with Crippen LogP contribution < -0.4 is 0 Å². The highest BCUT2D eigenvalue weighted by molar-refractivity contribution is 7.21. The molecule has 0 bridgehead atoms. The third kappa shape index (κ3) is 2.61. The third-order valence-electron chi connectivity index (χ3n) is 3.30. The van der Waals surface area contributed by atoms with Crippen LogP contribution in [0.2, 0.25) is 0 Å². The lowest BCUT2D eigenvalue weighted by molar-refractivity contribution is 0.0531. The Labute approximate surface area is 126 Å². The fourth-order valence-corrected chi connectivity index (χ4v) is 3.60. The molecule has 0 N–H and O–H groups in total. The van der Waals surface area contributed by atoms with Crippen LogP contribution in [0.25, 0.3) is 10.1 Å². The molecule has 4 nitrogen and oxygen atoms in total. The topological polar surface area (TPSA) is 60.4 Å². The Morgan fingerprint density at radius 2 is 1.67 bits per heavy atom. The van der Waals surface area contributed by atoms with Gasteiger partial charge in [-0.15, -0.1) is 11.3 Å². The predicted octanol–water partition coefficient (Wildman–Crippen LogP) is 3.79. The molecule has 0 aliphatic carbocycles. The van der Waals surface area contributed by atoms with Crippen molar-refractivity contribution in [2.45, 2.75) is 27.7 Å². The van der Waals surface area contributed by atoms with Crippen molar-refractivity contribution in [3.63, 3.8) is 0 Å². The van der Waals surface area contributed by atoms with Crippen LogP contribution in [-0.2, 0) is 4.74 Å². The van der Waals surface area contributed by atoms with Gasteiger partial charge in [0.05, 0.1) is 6.61 Å². The Kier molecular flexibility index (Phi) is 4.23. The zero-order valence-electron chi connectivity index (χ0n) is 12.4. The fraction of sp³-hybridized carbons (Fsp3) is 0.312. The van der Waals surface area contributed by atoms with Crippen molar-refractivity contribution in [3.8, 4) is 0 Å². The number of esters is 1.